The van der Waals surface area contributed by atoms with Crippen molar-refractivity contribution in [2.24, 2.45) is 5.73 Å². The molecule has 106 valence electrons. The summed E-state index contributed by atoms with van der Waals surface area (Å²) in [5.74, 6) is -0.854. The zero-order valence-electron chi connectivity index (χ0n) is 11.9. The van der Waals surface area contributed by atoms with Gasteiger partial charge in [0.1, 0.15) is 0 Å². The Kier molecular flexibility index (Phi) is 5.51. The van der Waals surface area contributed by atoms with E-state index in [0.717, 1.165) is 6.54 Å². The number of carboxylic acid groups (broad SMARTS) is 1. The molecule has 4 N–H and O–H groups in total. The SMILES string of the molecule is Cc1cccc(C(C)(C)CNCC(N)CC(=O)O)c1. The van der Waals surface area contributed by atoms with Crippen LogP contribution in [0.25, 0.3) is 0 Å². The third kappa shape index (κ3) is 5.41. The van der Waals surface area contributed by atoms with Crippen LogP contribution in [0.4, 0.5) is 0 Å². The number of nitrogens with one attached hydrogen (secondary N) is 1. The molecule has 0 aromatic heterocycles. The fourth-order valence-electron chi connectivity index (χ4n) is 2.03. The van der Waals surface area contributed by atoms with Crippen LogP contribution < -0.4 is 11.1 Å². The van der Waals surface area contributed by atoms with Crippen molar-refractivity contribution in [2.75, 3.05) is 13.1 Å². The van der Waals surface area contributed by atoms with Gasteiger partial charge in [-0.05, 0) is 12.5 Å². The Balaban J connectivity index is 2.49. The molecule has 0 heterocycles. The highest BCUT2D eigenvalue weighted by atomic mass is 16.4. The van der Waals surface area contributed by atoms with Gasteiger partial charge in [-0.3, -0.25) is 4.79 Å². The van der Waals surface area contributed by atoms with E-state index in [4.69, 9.17) is 10.8 Å². The standard InChI is InChI=1S/C15H24N2O2/c1-11-5-4-6-12(7-11)15(2,3)10-17-9-13(16)8-14(18)19/h4-7,13,17H,8-10,16H2,1-3H3,(H,18,19). The number of aryl methyl sites for hydroxylation is 1. The van der Waals surface area contributed by atoms with Gasteiger partial charge in [-0.2, -0.15) is 0 Å². The topological polar surface area (TPSA) is 75.3 Å². The van der Waals surface area contributed by atoms with E-state index in [1.807, 2.05) is 0 Å². The van der Waals surface area contributed by atoms with Gasteiger partial charge in [0.05, 0.1) is 6.42 Å². The van der Waals surface area contributed by atoms with Crippen molar-refractivity contribution < 1.29 is 9.90 Å². The van der Waals surface area contributed by atoms with Gasteiger partial charge >= 0.3 is 5.97 Å². The van der Waals surface area contributed by atoms with E-state index >= 15 is 0 Å². The van der Waals surface area contributed by atoms with Crippen molar-refractivity contribution in [1.29, 1.82) is 0 Å². The van der Waals surface area contributed by atoms with Crippen LogP contribution in [0.1, 0.15) is 31.4 Å². The molecule has 1 rings (SSSR count). The molecular formula is C15H24N2O2. The minimum absolute atomic E-state index is 0.00211. The van der Waals surface area contributed by atoms with Crippen LogP contribution >= 0.6 is 0 Å². The Morgan fingerprint density at radius 3 is 2.74 bits per heavy atom. The summed E-state index contributed by atoms with van der Waals surface area (Å²) >= 11 is 0. The minimum atomic E-state index is -0.854. The molecule has 0 saturated carbocycles. The summed E-state index contributed by atoms with van der Waals surface area (Å²) in [5.41, 5.74) is 8.23. The molecule has 1 aromatic rings. The van der Waals surface area contributed by atoms with Crippen LogP contribution in [0.5, 0.6) is 0 Å². The van der Waals surface area contributed by atoms with E-state index in [-0.39, 0.29) is 17.9 Å². The van der Waals surface area contributed by atoms with Gasteiger partial charge in [0.15, 0.2) is 0 Å². The van der Waals surface area contributed by atoms with Crippen LogP contribution in [-0.2, 0) is 10.2 Å². The molecule has 1 unspecified atom stereocenters. The summed E-state index contributed by atoms with van der Waals surface area (Å²) in [4.78, 5) is 10.5. The first-order valence-corrected chi connectivity index (χ1v) is 6.56. The second kappa shape index (κ2) is 6.68. The van der Waals surface area contributed by atoms with E-state index in [1.54, 1.807) is 0 Å². The lowest BCUT2D eigenvalue weighted by atomic mass is 9.84. The molecule has 0 radical (unpaired) electrons. The number of carboxylic acids is 1. The molecule has 0 bridgehead atoms. The van der Waals surface area contributed by atoms with Gasteiger partial charge in [0, 0.05) is 24.5 Å². The highest BCUT2D eigenvalue weighted by Crippen LogP contribution is 2.22. The first-order chi connectivity index (χ1) is 8.81. The maximum atomic E-state index is 10.5. The Labute approximate surface area is 115 Å². The number of carbonyl (C=O) groups is 1. The van der Waals surface area contributed by atoms with Crippen molar-refractivity contribution in [2.45, 2.75) is 38.6 Å². The Morgan fingerprint density at radius 1 is 1.47 bits per heavy atom. The monoisotopic (exact) mass is 264 g/mol. The number of rotatable bonds is 7. The van der Waals surface area contributed by atoms with Crippen LogP contribution in [0.3, 0.4) is 0 Å². The number of hydrogen-bond donors (Lipinski definition) is 3. The summed E-state index contributed by atoms with van der Waals surface area (Å²) < 4.78 is 0. The van der Waals surface area contributed by atoms with E-state index in [2.05, 4.69) is 50.4 Å². The summed E-state index contributed by atoms with van der Waals surface area (Å²) in [5, 5.41) is 11.9. The normalized spacial score (nSPS) is 13.3. The number of benzene rings is 1. The maximum Gasteiger partial charge on any atom is 0.304 e. The van der Waals surface area contributed by atoms with Gasteiger partial charge in [-0.25, -0.2) is 0 Å². The van der Waals surface area contributed by atoms with Crippen LogP contribution in [-0.4, -0.2) is 30.2 Å². The molecule has 0 spiro atoms. The fourth-order valence-corrected chi connectivity index (χ4v) is 2.03. The van der Waals surface area contributed by atoms with Crippen molar-refractivity contribution in [3.05, 3.63) is 35.4 Å². The van der Waals surface area contributed by atoms with Gasteiger partial charge < -0.3 is 16.2 Å². The quantitative estimate of drug-likeness (QED) is 0.700. The van der Waals surface area contributed by atoms with Gasteiger partial charge in [0.2, 0.25) is 0 Å². The lowest BCUT2D eigenvalue weighted by Gasteiger charge is -2.27. The summed E-state index contributed by atoms with van der Waals surface area (Å²) in [6.45, 7) is 7.69. The lowest BCUT2D eigenvalue weighted by molar-refractivity contribution is -0.137. The molecule has 0 saturated heterocycles. The highest BCUT2D eigenvalue weighted by molar-refractivity contribution is 5.67. The largest absolute Gasteiger partial charge is 0.481 e. The van der Waals surface area contributed by atoms with Gasteiger partial charge in [0.25, 0.3) is 0 Å². The summed E-state index contributed by atoms with van der Waals surface area (Å²) in [6, 6.07) is 8.09. The second-order valence-electron chi connectivity index (χ2n) is 5.74. The number of aliphatic carboxylic acids is 1. The Morgan fingerprint density at radius 2 is 2.16 bits per heavy atom. The minimum Gasteiger partial charge on any atom is -0.481 e. The van der Waals surface area contributed by atoms with E-state index in [9.17, 15) is 4.79 Å². The van der Waals surface area contributed by atoms with Crippen LogP contribution in [0, 0.1) is 6.92 Å². The van der Waals surface area contributed by atoms with E-state index in [0.29, 0.717) is 6.54 Å². The average Bonchev–Trinajstić information content (AvgIpc) is 2.27. The fraction of sp³-hybridized carbons (Fsp3) is 0.533. The lowest BCUT2D eigenvalue weighted by Crippen LogP contribution is -2.41. The zero-order valence-corrected chi connectivity index (χ0v) is 11.9. The predicted molar refractivity (Wildman–Crippen MR) is 77.3 cm³/mol. The molecule has 0 aliphatic heterocycles. The molecule has 0 amide bonds. The van der Waals surface area contributed by atoms with Crippen molar-refractivity contribution in [1.82, 2.24) is 5.32 Å². The van der Waals surface area contributed by atoms with Crippen LogP contribution in [0.2, 0.25) is 0 Å². The molecule has 0 fully saturated rings. The molecule has 4 heteroatoms. The molecule has 1 atom stereocenters. The smallest absolute Gasteiger partial charge is 0.304 e. The van der Waals surface area contributed by atoms with Crippen molar-refractivity contribution in [3.8, 4) is 0 Å². The van der Waals surface area contributed by atoms with Gasteiger partial charge in [-0.1, -0.05) is 43.7 Å². The number of nitrogens with two attached hydrogens (primary N) is 1. The Hall–Kier alpha value is -1.39. The third-order valence-corrected chi connectivity index (χ3v) is 3.21. The Bertz CT molecular complexity index is 430. The van der Waals surface area contributed by atoms with E-state index < -0.39 is 5.97 Å². The molecular weight excluding hydrogens is 240 g/mol. The predicted octanol–water partition coefficient (Wildman–Crippen LogP) is 1.66. The third-order valence-electron chi connectivity index (χ3n) is 3.21. The number of hydrogen-bond acceptors (Lipinski definition) is 3. The highest BCUT2D eigenvalue weighted by Gasteiger charge is 2.20. The molecule has 0 aliphatic carbocycles. The molecule has 1 aromatic carbocycles. The average molecular weight is 264 g/mol. The van der Waals surface area contributed by atoms with Crippen LogP contribution in [0.15, 0.2) is 24.3 Å². The van der Waals surface area contributed by atoms with E-state index in [1.165, 1.54) is 11.1 Å². The van der Waals surface area contributed by atoms with Crippen molar-refractivity contribution >= 4 is 5.97 Å². The van der Waals surface area contributed by atoms with Crippen molar-refractivity contribution in [3.63, 3.8) is 0 Å². The maximum absolute atomic E-state index is 10.5. The first-order valence-electron chi connectivity index (χ1n) is 6.56. The van der Waals surface area contributed by atoms with Gasteiger partial charge in [-0.15, -0.1) is 0 Å². The second-order valence-corrected chi connectivity index (χ2v) is 5.74. The molecule has 19 heavy (non-hydrogen) atoms. The molecule has 0 aliphatic rings. The first kappa shape index (κ1) is 15.7. The summed E-state index contributed by atoms with van der Waals surface area (Å²) in [7, 11) is 0. The zero-order chi connectivity index (χ0) is 14.5. The summed E-state index contributed by atoms with van der Waals surface area (Å²) in [6.07, 6.45) is -0.00211. The molecule has 4 nitrogen and oxygen atoms in total.